The number of carbonyl (C=O) groups is 1. The Hall–Kier alpha value is -2.32. The monoisotopic (exact) mass is 374 g/mol. The fourth-order valence-electron chi connectivity index (χ4n) is 3.14. The molecule has 7 nitrogen and oxygen atoms in total. The van der Waals surface area contributed by atoms with Crippen molar-refractivity contribution in [3.05, 3.63) is 47.4 Å². The number of hydrogen-bond donors (Lipinski definition) is 1. The highest BCUT2D eigenvalue weighted by Crippen LogP contribution is 2.25. The molecule has 0 aliphatic heterocycles. The maximum Gasteiger partial charge on any atom is 0.256 e. The lowest BCUT2D eigenvalue weighted by Crippen LogP contribution is -2.30. The zero-order valence-electron chi connectivity index (χ0n) is 14.9. The summed E-state index contributed by atoms with van der Waals surface area (Å²) in [6.07, 6.45) is 4.22. The van der Waals surface area contributed by atoms with E-state index in [1.54, 1.807) is 13.8 Å². The van der Waals surface area contributed by atoms with Gasteiger partial charge in [-0.15, -0.1) is 0 Å². The van der Waals surface area contributed by atoms with Gasteiger partial charge in [0.1, 0.15) is 12.1 Å². The molecule has 0 unspecified atom stereocenters. The van der Waals surface area contributed by atoms with Crippen LogP contribution in [-0.4, -0.2) is 41.7 Å². The second-order valence-electron chi connectivity index (χ2n) is 6.07. The van der Waals surface area contributed by atoms with Crippen molar-refractivity contribution in [1.82, 2.24) is 14.3 Å². The van der Waals surface area contributed by atoms with Crippen LogP contribution in [0.5, 0.6) is 0 Å². The third-order valence-electron chi connectivity index (χ3n) is 4.57. The average molecular weight is 374 g/mol. The van der Waals surface area contributed by atoms with Gasteiger partial charge in [-0.2, -0.15) is 4.31 Å². The van der Waals surface area contributed by atoms with E-state index < -0.39 is 10.0 Å². The number of aryl methyl sites for hydroxylation is 1. The Balaban J connectivity index is 1.79. The smallest absolute Gasteiger partial charge is 0.256 e. The Morgan fingerprint density at radius 2 is 1.81 bits per heavy atom. The number of hydrogen-bond acceptors (Lipinski definition) is 5. The molecule has 1 aromatic heterocycles. The van der Waals surface area contributed by atoms with Crippen molar-refractivity contribution in [2.24, 2.45) is 0 Å². The third kappa shape index (κ3) is 3.47. The van der Waals surface area contributed by atoms with Crippen molar-refractivity contribution in [2.75, 3.05) is 18.4 Å². The summed E-state index contributed by atoms with van der Waals surface area (Å²) in [5.74, 6) is 0.224. The third-order valence-corrected chi connectivity index (χ3v) is 6.63. The molecule has 26 heavy (non-hydrogen) atoms. The van der Waals surface area contributed by atoms with Crippen LogP contribution in [-0.2, 0) is 22.9 Å². The van der Waals surface area contributed by atoms with Crippen LogP contribution < -0.4 is 5.32 Å². The van der Waals surface area contributed by atoms with Crippen LogP contribution in [0.2, 0.25) is 0 Å². The first-order chi connectivity index (χ1) is 12.5. The Morgan fingerprint density at radius 3 is 2.46 bits per heavy atom. The maximum atomic E-state index is 12.5. The van der Waals surface area contributed by atoms with Gasteiger partial charge in [-0.25, -0.2) is 18.4 Å². The molecule has 2 aromatic rings. The van der Waals surface area contributed by atoms with Gasteiger partial charge in [0.25, 0.3) is 5.91 Å². The van der Waals surface area contributed by atoms with Gasteiger partial charge in [-0.3, -0.25) is 4.79 Å². The van der Waals surface area contributed by atoms with Gasteiger partial charge in [-0.1, -0.05) is 13.8 Å². The van der Waals surface area contributed by atoms with Crippen molar-refractivity contribution < 1.29 is 13.2 Å². The molecule has 1 aromatic carbocycles. The molecule has 0 saturated heterocycles. The minimum Gasteiger partial charge on any atom is -0.306 e. The minimum atomic E-state index is -3.53. The molecule has 1 aliphatic rings. The van der Waals surface area contributed by atoms with E-state index in [1.807, 2.05) is 0 Å². The van der Waals surface area contributed by atoms with Crippen LogP contribution in [0.3, 0.4) is 0 Å². The Labute approximate surface area is 153 Å². The normalized spacial score (nSPS) is 13.7. The number of fused-ring (bicyclic) bond motifs is 1. The lowest BCUT2D eigenvalue weighted by molar-refractivity contribution is 0.102. The zero-order valence-corrected chi connectivity index (χ0v) is 15.7. The second kappa shape index (κ2) is 7.51. The van der Waals surface area contributed by atoms with Gasteiger partial charge in [0.2, 0.25) is 10.0 Å². The predicted molar refractivity (Wildman–Crippen MR) is 98.6 cm³/mol. The summed E-state index contributed by atoms with van der Waals surface area (Å²) >= 11 is 0. The molecule has 3 rings (SSSR count). The molecule has 1 N–H and O–H groups in total. The van der Waals surface area contributed by atoms with Crippen LogP contribution in [0, 0.1) is 0 Å². The quantitative estimate of drug-likeness (QED) is 0.837. The zero-order chi connectivity index (χ0) is 18.7. The van der Waals surface area contributed by atoms with Gasteiger partial charge in [0.15, 0.2) is 0 Å². The molecule has 0 fully saturated rings. The van der Waals surface area contributed by atoms with E-state index in [2.05, 4.69) is 15.3 Å². The highest BCUT2D eigenvalue weighted by atomic mass is 32.2. The number of carbonyl (C=O) groups excluding carboxylic acids is 1. The first-order valence-electron chi connectivity index (χ1n) is 8.71. The van der Waals surface area contributed by atoms with Crippen LogP contribution >= 0.6 is 0 Å². The molecule has 1 aliphatic carbocycles. The molecule has 0 radical (unpaired) electrons. The molecule has 1 heterocycles. The SMILES string of the molecule is CCN(CC)S(=O)(=O)c1ccc(C(=O)Nc2ncnc3c2CCC3)cc1. The van der Waals surface area contributed by atoms with E-state index in [0.29, 0.717) is 24.5 Å². The van der Waals surface area contributed by atoms with E-state index in [4.69, 9.17) is 0 Å². The summed E-state index contributed by atoms with van der Waals surface area (Å²) < 4.78 is 26.4. The summed E-state index contributed by atoms with van der Waals surface area (Å²) in [4.78, 5) is 21.1. The lowest BCUT2D eigenvalue weighted by Gasteiger charge is -2.18. The number of benzene rings is 1. The number of nitrogens with one attached hydrogen (secondary N) is 1. The van der Waals surface area contributed by atoms with E-state index in [1.165, 1.54) is 34.9 Å². The molecule has 1 amide bonds. The number of aromatic nitrogens is 2. The van der Waals surface area contributed by atoms with Crippen molar-refractivity contribution in [3.8, 4) is 0 Å². The van der Waals surface area contributed by atoms with E-state index in [-0.39, 0.29) is 10.8 Å². The standard InChI is InChI=1S/C18H22N4O3S/c1-3-22(4-2)26(24,25)14-10-8-13(9-11-14)18(23)21-17-15-6-5-7-16(15)19-12-20-17/h8-12H,3-7H2,1-2H3,(H,19,20,21,23). The van der Waals surface area contributed by atoms with Crippen molar-refractivity contribution in [2.45, 2.75) is 38.0 Å². The maximum absolute atomic E-state index is 12.5. The minimum absolute atomic E-state index is 0.181. The molecule has 8 heteroatoms. The molecule has 0 saturated carbocycles. The summed E-state index contributed by atoms with van der Waals surface area (Å²) in [5.41, 5.74) is 2.35. The molecule has 138 valence electrons. The van der Waals surface area contributed by atoms with E-state index in [0.717, 1.165) is 30.5 Å². The molecule has 0 bridgehead atoms. The van der Waals surface area contributed by atoms with Gasteiger partial charge in [0.05, 0.1) is 4.90 Å². The van der Waals surface area contributed by atoms with Crippen molar-refractivity contribution in [1.29, 1.82) is 0 Å². The summed E-state index contributed by atoms with van der Waals surface area (Å²) in [5, 5.41) is 2.81. The highest BCUT2D eigenvalue weighted by Gasteiger charge is 2.22. The summed E-state index contributed by atoms with van der Waals surface area (Å²) in [7, 11) is -3.53. The topological polar surface area (TPSA) is 92.3 Å². The predicted octanol–water partition coefficient (Wildman–Crippen LogP) is 2.25. The summed E-state index contributed by atoms with van der Waals surface area (Å²) in [6.45, 7) is 4.39. The average Bonchev–Trinajstić information content (AvgIpc) is 3.12. The number of anilines is 1. The first-order valence-corrected chi connectivity index (χ1v) is 10.2. The number of rotatable bonds is 6. The molecular weight excluding hydrogens is 352 g/mol. The Bertz CT molecular complexity index is 907. The van der Waals surface area contributed by atoms with Gasteiger partial charge in [-0.05, 0) is 43.5 Å². The van der Waals surface area contributed by atoms with E-state index >= 15 is 0 Å². The highest BCUT2D eigenvalue weighted by molar-refractivity contribution is 7.89. The van der Waals surface area contributed by atoms with Crippen LogP contribution in [0.15, 0.2) is 35.5 Å². The van der Waals surface area contributed by atoms with Crippen molar-refractivity contribution in [3.63, 3.8) is 0 Å². The molecule has 0 spiro atoms. The first kappa shape index (κ1) is 18.5. The lowest BCUT2D eigenvalue weighted by atomic mass is 10.2. The van der Waals surface area contributed by atoms with Crippen molar-refractivity contribution >= 4 is 21.7 Å². The molecule has 0 atom stereocenters. The van der Waals surface area contributed by atoms with Gasteiger partial charge >= 0.3 is 0 Å². The number of nitrogens with zero attached hydrogens (tertiary/aromatic N) is 3. The van der Waals surface area contributed by atoms with Gasteiger partial charge in [0, 0.05) is 29.9 Å². The molecular formula is C18H22N4O3S. The second-order valence-corrected chi connectivity index (χ2v) is 8.01. The Morgan fingerprint density at radius 1 is 1.12 bits per heavy atom. The Kier molecular flexibility index (Phi) is 5.33. The largest absolute Gasteiger partial charge is 0.306 e. The van der Waals surface area contributed by atoms with Crippen LogP contribution in [0.4, 0.5) is 5.82 Å². The fraction of sp³-hybridized carbons (Fsp3) is 0.389. The number of amides is 1. The fourth-order valence-corrected chi connectivity index (χ4v) is 4.60. The number of sulfonamides is 1. The van der Waals surface area contributed by atoms with Crippen LogP contribution in [0.1, 0.15) is 41.9 Å². The van der Waals surface area contributed by atoms with E-state index in [9.17, 15) is 13.2 Å². The summed E-state index contributed by atoms with van der Waals surface area (Å²) in [6, 6.07) is 5.97. The van der Waals surface area contributed by atoms with Gasteiger partial charge < -0.3 is 5.32 Å². The van der Waals surface area contributed by atoms with Crippen LogP contribution in [0.25, 0.3) is 0 Å².